The van der Waals surface area contributed by atoms with Crippen LogP contribution in [0.4, 0.5) is 27.4 Å². The molecule has 1 saturated carbocycles. The number of carbonyl (C=O) groups excluding carboxylic acids is 2. The minimum atomic E-state index is -0.898. The van der Waals surface area contributed by atoms with E-state index in [1.54, 1.807) is 36.7 Å². The molecule has 2 aromatic carbocycles. The number of para-hydroxylation sites is 1. The number of phenols is 1. The molecule has 12 rings (SSSR count). The molecule has 1 aliphatic carbocycles. The molecule has 5 aliphatic heterocycles. The Bertz CT molecular complexity index is 3220. The summed E-state index contributed by atoms with van der Waals surface area (Å²) in [7, 11) is 0. The average molecular weight is 1140 g/mol. The summed E-state index contributed by atoms with van der Waals surface area (Å²) in [6.45, 7) is 13.9. The van der Waals surface area contributed by atoms with Crippen LogP contribution in [0, 0.1) is 24.6 Å². The lowest BCUT2D eigenvalue weighted by Gasteiger charge is -2.43. The van der Waals surface area contributed by atoms with Crippen LogP contribution < -0.4 is 30.5 Å². The van der Waals surface area contributed by atoms with Gasteiger partial charge < -0.3 is 59.8 Å². The number of thiazole rings is 1. The van der Waals surface area contributed by atoms with Gasteiger partial charge in [-0.05, 0) is 100 Å². The van der Waals surface area contributed by atoms with Crippen molar-refractivity contribution >= 4 is 46.2 Å². The molecule has 6 aromatic rings. The number of benzene rings is 2. The molecule has 2 bridgehead atoms. The molecule has 0 radical (unpaired) electrons. The number of halogens is 1. The lowest BCUT2D eigenvalue weighted by Crippen LogP contribution is -2.54. The summed E-state index contributed by atoms with van der Waals surface area (Å²) in [5, 5.41) is 37.3. The number of hydrogen-bond donors (Lipinski definition) is 4. The zero-order valence-electron chi connectivity index (χ0n) is 47.1. The number of fused-ring (bicyclic) bond motifs is 2. The Hall–Kier alpha value is -6.94. The first-order chi connectivity index (χ1) is 39.7. The zero-order chi connectivity index (χ0) is 56.8. The van der Waals surface area contributed by atoms with E-state index >= 15 is 4.39 Å². The summed E-state index contributed by atoms with van der Waals surface area (Å²) >= 11 is 1.37. The van der Waals surface area contributed by atoms with Gasteiger partial charge in [-0.15, -0.1) is 21.5 Å². The number of aliphatic hydroxyl groups is 1. The lowest BCUT2D eigenvalue weighted by molar-refractivity contribution is -0.141. The van der Waals surface area contributed by atoms with Crippen LogP contribution in [0.2, 0.25) is 0 Å². The normalized spacial score (nSPS) is 24.2. The number of likely N-dealkylation sites (tertiary alicyclic amines) is 2. The monoisotopic (exact) mass is 1140 g/mol. The molecule has 2 amide bonds. The van der Waals surface area contributed by atoms with Crippen LogP contribution >= 0.6 is 11.3 Å². The van der Waals surface area contributed by atoms with Gasteiger partial charge in [-0.2, -0.15) is 0 Å². The molecule has 9 heterocycles. The van der Waals surface area contributed by atoms with Gasteiger partial charge in [0.25, 0.3) is 0 Å². The Morgan fingerprint density at radius 1 is 0.854 bits per heavy atom. The van der Waals surface area contributed by atoms with Crippen molar-refractivity contribution in [1.29, 1.82) is 0 Å². The largest absolute Gasteiger partial charge is 0.507 e. The molecule has 0 spiro atoms. The number of phenolic OH excluding ortho intramolecular Hbond substituents is 1. The maximum Gasteiger partial charge on any atom is 0.243 e. The smallest absolute Gasteiger partial charge is 0.243 e. The van der Waals surface area contributed by atoms with Crippen molar-refractivity contribution in [3.8, 4) is 33.3 Å². The number of pyridine rings is 1. The van der Waals surface area contributed by atoms with Crippen LogP contribution in [0.15, 0.2) is 83.0 Å². The number of rotatable bonds is 17. The molecule has 6 aliphatic rings. The predicted octanol–water partition coefficient (Wildman–Crippen LogP) is 8.13. The molecule has 21 heteroatoms. The van der Waals surface area contributed by atoms with Gasteiger partial charge in [0.1, 0.15) is 29.6 Å². The molecule has 5 saturated heterocycles. The highest BCUT2D eigenvalue weighted by Gasteiger charge is 2.45. The highest BCUT2D eigenvalue weighted by Crippen LogP contribution is 2.41. The van der Waals surface area contributed by atoms with Crippen molar-refractivity contribution < 1.29 is 38.2 Å². The minimum Gasteiger partial charge on any atom is -0.507 e. The summed E-state index contributed by atoms with van der Waals surface area (Å²) in [6, 6.07) is 19.2. The van der Waals surface area contributed by atoms with Gasteiger partial charge in [-0.1, -0.05) is 43.3 Å². The summed E-state index contributed by atoms with van der Waals surface area (Å²) in [5.41, 5.74) is 13.1. The predicted molar refractivity (Wildman–Crippen MR) is 311 cm³/mol. The average Bonchev–Trinajstić information content (AvgIpc) is 4.29. The number of nitrogens with two attached hydrogens (primary N) is 1. The molecule has 1 unspecified atom stereocenters. The molecule has 5 N–H and O–H groups in total. The van der Waals surface area contributed by atoms with E-state index < -0.39 is 35.8 Å². The third-order valence-electron chi connectivity index (χ3n) is 18.0. The number of carbonyl (C=O) groups is 2. The van der Waals surface area contributed by atoms with Crippen LogP contribution in [0.3, 0.4) is 0 Å². The van der Waals surface area contributed by atoms with Crippen LogP contribution in [0.25, 0.3) is 21.7 Å². The molecule has 6 fully saturated rings. The van der Waals surface area contributed by atoms with Crippen molar-refractivity contribution in [2.75, 3.05) is 72.8 Å². The van der Waals surface area contributed by atoms with Crippen LogP contribution in [0.5, 0.6) is 11.6 Å². The number of ether oxygens (including phenoxy) is 2. The summed E-state index contributed by atoms with van der Waals surface area (Å²) < 4.78 is 34.3. The molecule has 4 aromatic heterocycles. The molecule has 6 atom stereocenters. The first-order valence-electron chi connectivity index (χ1n) is 29.3. The van der Waals surface area contributed by atoms with Crippen molar-refractivity contribution in [2.24, 2.45) is 11.8 Å². The van der Waals surface area contributed by atoms with Gasteiger partial charge in [-0.25, -0.2) is 14.4 Å². The Morgan fingerprint density at radius 3 is 2.34 bits per heavy atom. The van der Waals surface area contributed by atoms with E-state index in [-0.39, 0.29) is 48.9 Å². The van der Waals surface area contributed by atoms with Crippen LogP contribution in [0.1, 0.15) is 108 Å². The number of amides is 2. The number of nitrogen functional groups attached to an aromatic ring is 1. The maximum absolute atomic E-state index is 15.3. The molecule has 19 nitrogen and oxygen atoms in total. The molecule has 434 valence electrons. The van der Waals surface area contributed by atoms with Gasteiger partial charge in [-0.3, -0.25) is 9.59 Å². The number of β-amino-alcohol motifs (C(OH)–C–C–N with tert-alkyl or cyclic N) is 1. The van der Waals surface area contributed by atoms with Gasteiger partial charge in [0.05, 0.1) is 51.8 Å². The van der Waals surface area contributed by atoms with E-state index in [1.165, 1.54) is 22.3 Å². The molecular weight excluding hydrogens is 1060 g/mol. The number of piperidine rings is 2. The van der Waals surface area contributed by atoms with Gasteiger partial charge in [0, 0.05) is 119 Å². The summed E-state index contributed by atoms with van der Waals surface area (Å²) in [6.07, 6.45) is 9.57. The Balaban J connectivity index is 0.566. The third-order valence-corrected chi connectivity index (χ3v) is 19.0. The second-order valence-corrected chi connectivity index (χ2v) is 24.8. The van der Waals surface area contributed by atoms with E-state index in [1.807, 2.05) is 51.2 Å². The third kappa shape index (κ3) is 11.7. The number of aryl methyl sites for hydroxylation is 1. The fourth-order valence-corrected chi connectivity index (χ4v) is 14.3. The lowest BCUT2D eigenvalue weighted by atomic mass is 9.91. The molecule has 82 heavy (non-hydrogen) atoms. The fraction of sp³-hybridized carbons (Fsp3) is 0.525. The number of aromatic hydroxyl groups is 1. The highest BCUT2D eigenvalue weighted by molar-refractivity contribution is 7.13. The standard InChI is InChI=1S/C61H75FN12O7S/c1-35(2)57(61(78)73-33-43(75)25-52(73)60(77)66-36(3)39-9-12-47(49(62)23-39)58-37(4)65-34-82-58)54-29-55(69-81-54)71-21-14-38(15-22-71)30-70-19-16-44(17-20-70)79-45-26-46(27-45)80-56-24-40(13-18-64-56)74-41-10-11-42(74)32-72(31-41)51-28-50(67-68-59(51)63)48-7-5-6-8-53(48)76/h5-9,12-13,18,23-24,28-29,34-36,38,41-46,52,57,75-76H,10-11,14-17,19-22,25-27,30-33H2,1-4H3,(H2,63,68)(H,66,77)/t36-,41+,42?,43+,45?,46?,52-,57-/m0/s1. The Kier molecular flexibility index (Phi) is 16.1. The highest BCUT2D eigenvalue weighted by atomic mass is 32.1. The zero-order valence-corrected chi connectivity index (χ0v) is 48.0. The Morgan fingerprint density at radius 2 is 1.62 bits per heavy atom. The maximum atomic E-state index is 15.3. The second-order valence-electron chi connectivity index (χ2n) is 23.9. The van der Waals surface area contributed by atoms with E-state index in [4.69, 9.17) is 19.7 Å². The number of anilines is 4. The first-order valence-corrected chi connectivity index (χ1v) is 30.2. The number of aliphatic hydroxyl groups excluding tert-OH is 1. The SMILES string of the molecule is Cc1ncsc1-c1ccc([C@H](C)NC(=O)[C@@H]2C[C@@H](O)CN2C(=O)[C@H](c2cc(N3CCC(CN4CCC(OC5CC(Oc6cc(N7C8CC[C@@H]7CN(c7cc(-c9ccccc9O)nnc7N)C8)ccn6)C5)CC4)CC3)no2)C(C)C)cc1F. The second kappa shape index (κ2) is 23.7. The van der Waals surface area contributed by atoms with Crippen molar-refractivity contribution in [2.45, 2.75) is 140 Å². The first kappa shape index (κ1) is 55.6. The van der Waals surface area contributed by atoms with E-state index in [9.17, 15) is 19.8 Å². The van der Waals surface area contributed by atoms with Crippen molar-refractivity contribution in [1.82, 2.24) is 40.4 Å². The van der Waals surface area contributed by atoms with Gasteiger partial charge in [0.15, 0.2) is 17.4 Å². The summed E-state index contributed by atoms with van der Waals surface area (Å²) in [4.78, 5) is 49.0. The summed E-state index contributed by atoms with van der Waals surface area (Å²) in [5.74, 6) is 0.936. The van der Waals surface area contributed by atoms with Crippen molar-refractivity contribution in [3.05, 3.63) is 101 Å². The van der Waals surface area contributed by atoms with Crippen LogP contribution in [-0.4, -0.2) is 152 Å². The number of nitrogens with zero attached hydrogens (tertiary/aromatic N) is 10. The van der Waals surface area contributed by atoms with Gasteiger partial charge >= 0.3 is 0 Å². The van der Waals surface area contributed by atoms with Crippen LogP contribution in [-0.2, 0) is 14.3 Å². The fourth-order valence-electron chi connectivity index (χ4n) is 13.5. The van der Waals surface area contributed by atoms with E-state index in [0.717, 1.165) is 119 Å². The minimum absolute atomic E-state index is 0.0236. The van der Waals surface area contributed by atoms with Gasteiger partial charge in [0.2, 0.25) is 17.7 Å². The van der Waals surface area contributed by atoms with E-state index in [2.05, 4.69) is 62.4 Å². The number of nitrogens with one attached hydrogen (secondary N) is 1. The Labute approximate surface area is 482 Å². The number of hydrogen-bond acceptors (Lipinski definition) is 18. The van der Waals surface area contributed by atoms with Crippen molar-refractivity contribution in [3.63, 3.8) is 0 Å². The molecular formula is C61H75FN12O7S. The number of aromatic nitrogens is 5. The van der Waals surface area contributed by atoms with E-state index in [0.29, 0.717) is 63.7 Å². The number of piperazine rings is 1. The topological polar surface area (TPSA) is 225 Å². The quantitative estimate of drug-likeness (QED) is 0.0676.